The van der Waals surface area contributed by atoms with Crippen LogP contribution in [0.4, 0.5) is 5.82 Å². The van der Waals surface area contributed by atoms with Gasteiger partial charge in [0.15, 0.2) is 0 Å². The van der Waals surface area contributed by atoms with Gasteiger partial charge in [0.05, 0.1) is 5.69 Å². The lowest BCUT2D eigenvalue weighted by molar-refractivity contribution is 0.271. The normalized spacial score (nSPS) is 14.8. The van der Waals surface area contributed by atoms with E-state index in [2.05, 4.69) is 71.3 Å². The van der Waals surface area contributed by atoms with Gasteiger partial charge in [-0.15, -0.1) is 0 Å². The number of benzene rings is 2. The summed E-state index contributed by atoms with van der Waals surface area (Å²) < 4.78 is 0. The zero-order chi connectivity index (χ0) is 19.3. The highest BCUT2D eigenvalue weighted by Crippen LogP contribution is 2.30. The smallest absolute Gasteiger partial charge is 0.137 e. The summed E-state index contributed by atoms with van der Waals surface area (Å²) in [6, 6.07) is 19.4. The topological polar surface area (TPSA) is 39.6 Å². The number of piperazine rings is 1. The van der Waals surface area contributed by atoms with E-state index < -0.39 is 0 Å². The molecule has 1 aliphatic rings. The summed E-state index contributed by atoms with van der Waals surface area (Å²) in [5.74, 6) is 1.10. The first-order valence-corrected chi connectivity index (χ1v) is 10.4. The van der Waals surface area contributed by atoms with Crippen molar-refractivity contribution in [1.82, 2.24) is 9.88 Å². The van der Waals surface area contributed by atoms with E-state index in [1.54, 1.807) is 0 Å². The van der Waals surface area contributed by atoms with Gasteiger partial charge >= 0.3 is 0 Å². The van der Waals surface area contributed by atoms with E-state index in [9.17, 15) is 0 Å². The predicted octanol–water partition coefficient (Wildman–Crippen LogP) is 4.60. The second kappa shape index (κ2) is 9.86. The first-order chi connectivity index (χ1) is 13.8. The minimum Gasteiger partial charge on any atom is -0.396 e. The Morgan fingerprint density at radius 3 is 2.38 bits per heavy atom. The minimum absolute atomic E-state index is 0. The van der Waals surface area contributed by atoms with E-state index in [-0.39, 0.29) is 14.0 Å². The predicted molar refractivity (Wildman–Crippen MR) is 124 cm³/mol. The number of hydrogen-bond acceptors (Lipinski definition) is 4. The lowest BCUT2D eigenvalue weighted by atomic mass is 10.0. The van der Waals surface area contributed by atoms with Crippen molar-refractivity contribution in [2.24, 2.45) is 0 Å². The average Bonchev–Trinajstić information content (AvgIpc) is 2.77. The summed E-state index contributed by atoms with van der Waals surface area (Å²) in [6.45, 7) is 7.82. The fourth-order valence-corrected chi connectivity index (χ4v) is 3.97. The molecule has 0 atom stereocenters. The molecular weight excluding hydrogens is 358 g/mol. The molecular formula is C25H33N3O. The van der Waals surface area contributed by atoms with Gasteiger partial charge in [0.2, 0.25) is 0 Å². The van der Waals surface area contributed by atoms with Crippen LogP contribution in [0.5, 0.6) is 0 Å². The Morgan fingerprint density at radius 2 is 1.69 bits per heavy atom. The van der Waals surface area contributed by atoms with Gasteiger partial charge < -0.3 is 14.9 Å². The van der Waals surface area contributed by atoms with E-state index in [1.807, 2.05) is 0 Å². The fourth-order valence-electron chi connectivity index (χ4n) is 3.97. The molecule has 4 heteroatoms. The van der Waals surface area contributed by atoms with Crippen molar-refractivity contribution < 1.29 is 5.11 Å². The first kappa shape index (κ1) is 21.3. The number of nitrogens with zero attached hydrogens (tertiary/aromatic N) is 3. The zero-order valence-electron chi connectivity index (χ0n) is 16.6. The molecule has 1 aliphatic heterocycles. The van der Waals surface area contributed by atoms with Gasteiger partial charge in [-0.3, -0.25) is 0 Å². The quantitative estimate of drug-likeness (QED) is 0.666. The van der Waals surface area contributed by atoms with Crippen LogP contribution in [0.2, 0.25) is 0 Å². The van der Waals surface area contributed by atoms with Crippen LogP contribution in [0.3, 0.4) is 0 Å². The SMILES string of the molecule is C.CCN1CCN(c2nc(-c3ccc(CCCO)cc3)cc3ccccc23)CC1. The van der Waals surface area contributed by atoms with Gasteiger partial charge in [0, 0.05) is 43.7 Å². The summed E-state index contributed by atoms with van der Waals surface area (Å²) in [7, 11) is 0. The maximum atomic E-state index is 9.03. The van der Waals surface area contributed by atoms with Crippen LogP contribution in [0.15, 0.2) is 54.6 Å². The van der Waals surface area contributed by atoms with Crippen LogP contribution in [0.25, 0.3) is 22.0 Å². The van der Waals surface area contributed by atoms with Crippen LogP contribution in [0, 0.1) is 0 Å². The van der Waals surface area contributed by atoms with E-state index in [0.29, 0.717) is 0 Å². The number of anilines is 1. The molecule has 4 nitrogen and oxygen atoms in total. The molecule has 2 heterocycles. The molecule has 3 aromatic rings. The third kappa shape index (κ3) is 4.77. The first-order valence-electron chi connectivity index (χ1n) is 10.4. The van der Waals surface area contributed by atoms with Crippen molar-refractivity contribution in [2.45, 2.75) is 27.2 Å². The summed E-state index contributed by atoms with van der Waals surface area (Å²) in [5.41, 5.74) is 3.43. The van der Waals surface area contributed by atoms with Crippen LogP contribution >= 0.6 is 0 Å². The monoisotopic (exact) mass is 391 g/mol. The van der Waals surface area contributed by atoms with E-state index in [0.717, 1.165) is 62.6 Å². The highest BCUT2D eigenvalue weighted by atomic mass is 16.2. The number of aliphatic hydroxyl groups is 1. The van der Waals surface area contributed by atoms with Crippen LogP contribution in [-0.4, -0.2) is 54.3 Å². The molecule has 0 bridgehead atoms. The lowest BCUT2D eigenvalue weighted by Crippen LogP contribution is -2.46. The molecule has 0 radical (unpaired) electrons. The molecule has 1 aromatic heterocycles. The van der Waals surface area contributed by atoms with Gasteiger partial charge in [0.25, 0.3) is 0 Å². The number of aryl methyl sites for hydroxylation is 1. The van der Waals surface area contributed by atoms with Crippen molar-refractivity contribution in [3.8, 4) is 11.3 Å². The number of hydrogen-bond donors (Lipinski definition) is 1. The van der Waals surface area contributed by atoms with Crippen molar-refractivity contribution >= 4 is 16.6 Å². The molecule has 1 N–H and O–H groups in total. The maximum absolute atomic E-state index is 9.03. The summed E-state index contributed by atoms with van der Waals surface area (Å²) in [4.78, 5) is 10.0. The van der Waals surface area contributed by atoms with E-state index >= 15 is 0 Å². The Kier molecular flexibility index (Phi) is 7.24. The van der Waals surface area contributed by atoms with Gasteiger partial charge in [-0.2, -0.15) is 0 Å². The molecule has 0 saturated carbocycles. The Morgan fingerprint density at radius 1 is 0.966 bits per heavy atom. The molecule has 0 aliphatic carbocycles. The van der Waals surface area contributed by atoms with Crippen LogP contribution in [-0.2, 0) is 6.42 Å². The Balaban J connectivity index is 0.00000240. The zero-order valence-corrected chi connectivity index (χ0v) is 16.6. The molecule has 1 fully saturated rings. The highest BCUT2D eigenvalue weighted by Gasteiger charge is 2.19. The third-order valence-corrected chi connectivity index (χ3v) is 5.71. The van der Waals surface area contributed by atoms with E-state index in [1.165, 1.54) is 16.3 Å². The number of aliphatic hydroxyl groups excluding tert-OH is 1. The number of aromatic nitrogens is 1. The molecule has 0 spiro atoms. The van der Waals surface area contributed by atoms with E-state index in [4.69, 9.17) is 10.1 Å². The second-order valence-corrected chi connectivity index (χ2v) is 7.50. The summed E-state index contributed by atoms with van der Waals surface area (Å²) in [6.07, 6.45) is 1.72. The van der Waals surface area contributed by atoms with Gasteiger partial charge in [-0.05, 0) is 36.4 Å². The minimum atomic E-state index is 0. The number of fused-ring (bicyclic) bond motifs is 1. The van der Waals surface area contributed by atoms with Gasteiger partial charge in [-0.1, -0.05) is 62.9 Å². The molecule has 29 heavy (non-hydrogen) atoms. The number of likely N-dealkylation sites (N-methyl/N-ethyl adjacent to an activating group) is 1. The number of pyridine rings is 1. The van der Waals surface area contributed by atoms with Crippen LogP contribution in [0.1, 0.15) is 26.3 Å². The maximum Gasteiger partial charge on any atom is 0.137 e. The molecule has 154 valence electrons. The lowest BCUT2D eigenvalue weighted by Gasteiger charge is -2.35. The number of rotatable bonds is 6. The molecule has 1 saturated heterocycles. The fraction of sp³-hybridized carbons (Fsp3) is 0.400. The van der Waals surface area contributed by atoms with Gasteiger partial charge in [-0.25, -0.2) is 4.98 Å². The Labute approximate surface area is 174 Å². The summed E-state index contributed by atoms with van der Waals surface area (Å²) in [5, 5.41) is 11.5. The molecule has 2 aromatic carbocycles. The average molecular weight is 392 g/mol. The van der Waals surface area contributed by atoms with Crippen molar-refractivity contribution in [3.05, 3.63) is 60.2 Å². The van der Waals surface area contributed by atoms with Crippen molar-refractivity contribution in [2.75, 3.05) is 44.2 Å². The highest BCUT2D eigenvalue weighted by molar-refractivity contribution is 5.95. The van der Waals surface area contributed by atoms with Crippen molar-refractivity contribution in [1.29, 1.82) is 0 Å². The second-order valence-electron chi connectivity index (χ2n) is 7.50. The summed E-state index contributed by atoms with van der Waals surface area (Å²) >= 11 is 0. The third-order valence-electron chi connectivity index (χ3n) is 5.71. The van der Waals surface area contributed by atoms with Crippen LogP contribution < -0.4 is 4.90 Å². The Hall–Kier alpha value is -2.43. The molecule has 0 unspecified atom stereocenters. The van der Waals surface area contributed by atoms with Gasteiger partial charge in [0.1, 0.15) is 5.82 Å². The van der Waals surface area contributed by atoms with Crippen molar-refractivity contribution in [3.63, 3.8) is 0 Å². The standard InChI is InChI=1S/C24H29N3O.CH4/c1-2-26-13-15-27(16-14-26)24-22-8-4-3-7-21(22)18-23(25-24)20-11-9-19(10-12-20)6-5-17-28;/h3-4,7-12,18,28H,2,5-6,13-17H2,1H3;1H4. The largest absolute Gasteiger partial charge is 0.396 e. The Bertz CT molecular complexity index is 915. The molecule has 4 rings (SSSR count). The molecule has 0 amide bonds.